The van der Waals surface area contributed by atoms with Gasteiger partial charge in [-0.05, 0) is 61.6 Å². The number of carboxylic acids is 1. The van der Waals surface area contributed by atoms with Crippen LogP contribution in [0.5, 0.6) is 0 Å². The van der Waals surface area contributed by atoms with Crippen molar-refractivity contribution in [1.82, 2.24) is 15.0 Å². The van der Waals surface area contributed by atoms with Crippen molar-refractivity contribution in [3.8, 4) is 0 Å². The summed E-state index contributed by atoms with van der Waals surface area (Å²) in [6.07, 6.45) is 10.1. The van der Waals surface area contributed by atoms with E-state index in [0.717, 1.165) is 5.56 Å². The highest BCUT2D eigenvalue weighted by Gasteiger charge is 2.38. The van der Waals surface area contributed by atoms with Gasteiger partial charge in [0.05, 0.1) is 4.90 Å². The second-order valence-corrected chi connectivity index (χ2v) is 9.89. The predicted molar refractivity (Wildman–Crippen MR) is 123 cm³/mol. The standard InChI is InChI=1S/C22H26ClN3O4S.H2O/c23-18-7-9-20(10-8-18)31(29,30)26-19-14-22(25-16-19,11-3-1-2-6-21(27)28)13-17-5-4-12-24-15-17;/h3-5,7-12,15,19,25-26H,1-2,6,13-14,16H2,(H,27,28);1H2/b11-3-;/t19-,22+;/m1./s1. The van der Waals surface area contributed by atoms with E-state index in [4.69, 9.17) is 16.7 Å². The minimum absolute atomic E-state index is 0. The highest BCUT2D eigenvalue weighted by atomic mass is 35.5. The number of allylic oxidation sites excluding steroid dienone is 1. The van der Waals surface area contributed by atoms with Gasteiger partial charge in [-0.2, -0.15) is 0 Å². The van der Waals surface area contributed by atoms with Crippen LogP contribution >= 0.6 is 11.6 Å². The third kappa shape index (κ3) is 7.39. The van der Waals surface area contributed by atoms with Crippen LogP contribution in [0, 0.1) is 0 Å². The Bertz CT molecular complexity index is 1020. The van der Waals surface area contributed by atoms with E-state index in [1.165, 1.54) is 12.1 Å². The molecule has 3 rings (SSSR count). The molecule has 174 valence electrons. The second-order valence-electron chi connectivity index (χ2n) is 7.74. The first kappa shape index (κ1) is 26.0. The van der Waals surface area contributed by atoms with Gasteiger partial charge >= 0.3 is 5.97 Å². The number of nitrogens with zero attached hydrogens (tertiary/aromatic N) is 1. The molecule has 2 heterocycles. The zero-order valence-electron chi connectivity index (χ0n) is 17.5. The number of halogens is 1. The van der Waals surface area contributed by atoms with Crippen LogP contribution in [0.4, 0.5) is 0 Å². The van der Waals surface area contributed by atoms with Crippen molar-refractivity contribution in [3.05, 3.63) is 71.5 Å². The highest BCUT2D eigenvalue weighted by molar-refractivity contribution is 7.89. The normalized spacial score (nSPS) is 20.8. The molecule has 0 saturated carbocycles. The number of pyridine rings is 1. The first-order valence-corrected chi connectivity index (χ1v) is 12.0. The Hall–Kier alpha value is -2.30. The van der Waals surface area contributed by atoms with E-state index in [2.05, 4.69) is 15.0 Å². The van der Waals surface area contributed by atoms with Gasteiger partial charge in [0.15, 0.2) is 0 Å². The van der Waals surface area contributed by atoms with Crippen molar-refractivity contribution in [2.45, 2.75) is 48.6 Å². The molecule has 1 fully saturated rings. The molecule has 1 aromatic heterocycles. The van der Waals surface area contributed by atoms with Gasteiger partial charge in [0.2, 0.25) is 10.0 Å². The van der Waals surface area contributed by atoms with E-state index in [-0.39, 0.29) is 22.8 Å². The van der Waals surface area contributed by atoms with E-state index < -0.39 is 21.5 Å². The Morgan fingerprint density at radius 3 is 2.72 bits per heavy atom. The summed E-state index contributed by atoms with van der Waals surface area (Å²) in [4.78, 5) is 15.1. The Morgan fingerprint density at radius 2 is 2.06 bits per heavy atom. The summed E-state index contributed by atoms with van der Waals surface area (Å²) in [5.41, 5.74) is 0.589. The molecule has 0 unspecified atom stereocenters. The number of hydrogen-bond donors (Lipinski definition) is 3. The fourth-order valence-corrected chi connectivity index (χ4v) is 5.12. The van der Waals surface area contributed by atoms with Crippen molar-refractivity contribution in [1.29, 1.82) is 0 Å². The average Bonchev–Trinajstić information content (AvgIpc) is 3.10. The van der Waals surface area contributed by atoms with Gasteiger partial charge in [0, 0.05) is 42.0 Å². The zero-order chi connectivity index (χ0) is 22.3. The molecule has 2 atom stereocenters. The molecule has 8 nitrogen and oxygen atoms in total. The summed E-state index contributed by atoms with van der Waals surface area (Å²) in [6, 6.07) is 9.64. The van der Waals surface area contributed by atoms with E-state index in [0.29, 0.717) is 37.3 Å². The molecular formula is C22H28ClN3O5S. The first-order valence-electron chi connectivity index (χ1n) is 10.1. The Kier molecular flexibility index (Phi) is 9.35. The van der Waals surface area contributed by atoms with E-state index in [9.17, 15) is 13.2 Å². The smallest absolute Gasteiger partial charge is 0.303 e. The minimum atomic E-state index is -3.67. The molecule has 10 heteroatoms. The Balaban J connectivity index is 0.00000363. The lowest BCUT2D eigenvalue weighted by Gasteiger charge is -2.26. The summed E-state index contributed by atoms with van der Waals surface area (Å²) in [5.74, 6) is -0.811. The Labute approximate surface area is 193 Å². The van der Waals surface area contributed by atoms with Crippen molar-refractivity contribution < 1.29 is 23.8 Å². The molecule has 1 saturated heterocycles. The lowest BCUT2D eigenvalue weighted by atomic mass is 9.88. The number of unbranched alkanes of at least 4 members (excludes halogenated alkanes) is 1. The third-order valence-corrected chi connectivity index (χ3v) is 6.99. The molecule has 0 bridgehead atoms. The molecule has 0 spiro atoms. The van der Waals surface area contributed by atoms with Gasteiger partial charge in [0.25, 0.3) is 0 Å². The third-order valence-electron chi connectivity index (χ3n) is 5.20. The van der Waals surface area contributed by atoms with Crippen LogP contribution in [0.25, 0.3) is 0 Å². The van der Waals surface area contributed by atoms with E-state index >= 15 is 0 Å². The average molecular weight is 482 g/mol. The molecule has 1 aliphatic rings. The first-order chi connectivity index (χ1) is 14.8. The number of benzene rings is 1. The number of carboxylic acid groups (broad SMARTS) is 1. The maximum Gasteiger partial charge on any atom is 0.303 e. The van der Waals surface area contributed by atoms with Crippen LogP contribution in [-0.4, -0.2) is 48.1 Å². The van der Waals surface area contributed by atoms with Crippen molar-refractivity contribution in [2.75, 3.05) is 6.54 Å². The monoisotopic (exact) mass is 481 g/mol. The van der Waals surface area contributed by atoms with Crippen LogP contribution in [0.1, 0.15) is 31.2 Å². The molecule has 32 heavy (non-hydrogen) atoms. The summed E-state index contributed by atoms with van der Waals surface area (Å²) in [5, 5.41) is 12.8. The van der Waals surface area contributed by atoms with Crippen LogP contribution < -0.4 is 10.0 Å². The van der Waals surface area contributed by atoms with Gasteiger partial charge < -0.3 is 15.9 Å². The Morgan fingerprint density at radius 1 is 1.31 bits per heavy atom. The maximum absolute atomic E-state index is 12.8. The van der Waals surface area contributed by atoms with Crippen molar-refractivity contribution in [2.24, 2.45) is 0 Å². The largest absolute Gasteiger partial charge is 0.481 e. The molecule has 0 aliphatic carbocycles. The topological polar surface area (TPSA) is 140 Å². The number of hydrogen-bond acceptors (Lipinski definition) is 5. The lowest BCUT2D eigenvalue weighted by molar-refractivity contribution is -0.137. The molecule has 0 radical (unpaired) electrons. The van der Waals surface area contributed by atoms with Gasteiger partial charge in [0.1, 0.15) is 0 Å². The summed E-state index contributed by atoms with van der Waals surface area (Å²) >= 11 is 5.86. The number of sulfonamides is 1. The molecule has 5 N–H and O–H groups in total. The zero-order valence-corrected chi connectivity index (χ0v) is 19.1. The number of nitrogens with one attached hydrogen (secondary N) is 2. The maximum atomic E-state index is 12.8. The number of carbonyl (C=O) groups is 1. The molecule has 1 aromatic carbocycles. The van der Waals surface area contributed by atoms with Gasteiger partial charge in [-0.3, -0.25) is 9.78 Å². The number of aromatic nitrogens is 1. The van der Waals surface area contributed by atoms with Gasteiger partial charge in [-0.1, -0.05) is 29.8 Å². The van der Waals surface area contributed by atoms with Crippen LogP contribution in [-0.2, 0) is 21.2 Å². The SMILES string of the molecule is O.O=C(O)CCC/C=C\[C@]1(Cc2cccnc2)C[C@@H](NS(=O)(=O)c2ccc(Cl)cc2)CN1. The number of aliphatic carboxylic acids is 1. The molecular weight excluding hydrogens is 454 g/mol. The summed E-state index contributed by atoms with van der Waals surface area (Å²) in [6.45, 7) is 0.479. The van der Waals surface area contributed by atoms with Crippen LogP contribution in [0.15, 0.2) is 65.8 Å². The number of rotatable bonds is 10. The molecule has 2 aromatic rings. The molecule has 1 aliphatic heterocycles. The lowest BCUT2D eigenvalue weighted by Crippen LogP contribution is -2.39. The molecule has 0 amide bonds. The quantitative estimate of drug-likeness (QED) is 0.351. The van der Waals surface area contributed by atoms with Crippen LogP contribution in [0.3, 0.4) is 0 Å². The highest BCUT2D eigenvalue weighted by Crippen LogP contribution is 2.27. The van der Waals surface area contributed by atoms with Crippen molar-refractivity contribution >= 4 is 27.6 Å². The minimum Gasteiger partial charge on any atom is -0.481 e. The fourth-order valence-electron chi connectivity index (χ4n) is 3.76. The summed E-state index contributed by atoms with van der Waals surface area (Å²) < 4.78 is 28.3. The van der Waals surface area contributed by atoms with E-state index in [1.54, 1.807) is 24.5 Å². The van der Waals surface area contributed by atoms with Crippen LogP contribution in [0.2, 0.25) is 5.02 Å². The van der Waals surface area contributed by atoms with E-state index in [1.807, 2.05) is 24.3 Å². The van der Waals surface area contributed by atoms with Gasteiger partial charge in [-0.25, -0.2) is 13.1 Å². The second kappa shape index (κ2) is 11.5. The summed E-state index contributed by atoms with van der Waals surface area (Å²) in [7, 11) is -3.67. The fraction of sp³-hybridized carbons (Fsp3) is 0.364. The predicted octanol–water partition coefficient (Wildman–Crippen LogP) is 2.34. The van der Waals surface area contributed by atoms with Crippen molar-refractivity contribution in [3.63, 3.8) is 0 Å². The van der Waals surface area contributed by atoms with Gasteiger partial charge in [-0.15, -0.1) is 0 Å².